The van der Waals surface area contributed by atoms with Gasteiger partial charge in [0, 0.05) is 0 Å². The lowest BCUT2D eigenvalue weighted by Crippen LogP contribution is -2.05. The van der Waals surface area contributed by atoms with Gasteiger partial charge in [0.05, 0.1) is 0 Å². The van der Waals surface area contributed by atoms with E-state index in [-0.39, 0.29) is 0 Å². The molecule has 1 saturated carbocycles. The van der Waals surface area contributed by atoms with Crippen molar-refractivity contribution in [2.24, 2.45) is 0 Å². The monoisotopic (exact) mass is 262 g/mol. The highest BCUT2D eigenvalue weighted by atomic mass is 14.2. The van der Waals surface area contributed by atoms with Crippen LogP contribution in [0.1, 0.15) is 61.1 Å². The summed E-state index contributed by atoms with van der Waals surface area (Å²) >= 11 is 0. The van der Waals surface area contributed by atoms with Crippen LogP contribution < -0.4 is 0 Å². The van der Waals surface area contributed by atoms with E-state index in [1.807, 2.05) is 0 Å². The quantitative estimate of drug-likeness (QED) is 0.605. The molecule has 1 fully saturated rings. The topological polar surface area (TPSA) is 0 Å². The Labute approximate surface area is 121 Å². The average Bonchev–Trinajstić information content (AvgIpc) is 2.53. The molecule has 0 saturated heterocycles. The van der Waals surface area contributed by atoms with E-state index >= 15 is 0 Å². The molecule has 0 nitrogen and oxygen atoms in total. The molecule has 4 rings (SSSR count). The van der Waals surface area contributed by atoms with Crippen molar-refractivity contribution in [1.29, 1.82) is 0 Å². The Hall–Kier alpha value is -1.56. The summed E-state index contributed by atoms with van der Waals surface area (Å²) in [7, 11) is 0. The number of fused-ring (bicyclic) bond motifs is 2. The zero-order valence-electron chi connectivity index (χ0n) is 12.1. The minimum atomic E-state index is 0.796. The molecule has 0 spiro atoms. The molecule has 2 aliphatic carbocycles. The molecule has 0 N–H and O–H groups in total. The van der Waals surface area contributed by atoms with Gasteiger partial charge in [0.25, 0.3) is 0 Å². The molecule has 20 heavy (non-hydrogen) atoms. The van der Waals surface area contributed by atoms with Crippen LogP contribution in [0.4, 0.5) is 0 Å². The Morgan fingerprint density at radius 1 is 0.950 bits per heavy atom. The Balaban J connectivity index is 1.86. The third-order valence-corrected chi connectivity index (χ3v) is 5.10. The van der Waals surface area contributed by atoms with E-state index in [9.17, 15) is 0 Å². The van der Waals surface area contributed by atoms with Gasteiger partial charge < -0.3 is 0 Å². The molecule has 0 unspecified atom stereocenters. The molecular weight excluding hydrogens is 240 g/mol. The Bertz CT molecular complexity index is 657. The minimum Gasteiger partial charge on any atom is -0.0836 e. The summed E-state index contributed by atoms with van der Waals surface area (Å²) in [5.74, 6) is 0.796. The van der Waals surface area contributed by atoms with Gasteiger partial charge in [-0.1, -0.05) is 55.7 Å². The van der Waals surface area contributed by atoms with E-state index in [1.165, 1.54) is 61.3 Å². The summed E-state index contributed by atoms with van der Waals surface area (Å²) in [5, 5.41) is 2.95. The van der Waals surface area contributed by atoms with E-state index in [0.29, 0.717) is 0 Å². The summed E-state index contributed by atoms with van der Waals surface area (Å²) in [6, 6.07) is 11.8. The molecule has 2 aromatic rings. The lowest BCUT2D eigenvalue weighted by Gasteiger charge is -2.24. The van der Waals surface area contributed by atoms with Crippen LogP contribution in [0.25, 0.3) is 16.8 Å². The maximum Gasteiger partial charge on any atom is -0.0146 e. The molecule has 102 valence electrons. The number of hydrogen-bond donors (Lipinski definition) is 0. The van der Waals surface area contributed by atoms with Gasteiger partial charge in [-0.3, -0.25) is 0 Å². The molecule has 0 heteroatoms. The highest BCUT2D eigenvalue weighted by Crippen LogP contribution is 2.37. The zero-order chi connectivity index (χ0) is 13.4. The number of hydrogen-bond acceptors (Lipinski definition) is 0. The SMILES string of the molecule is C1=Cc2cc3cccc(C4CCCCC4)c3cc2CC1. The fourth-order valence-corrected chi connectivity index (χ4v) is 4.00. The molecule has 2 aromatic carbocycles. The Kier molecular flexibility index (Phi) is 3.10. The number of benzene rings is 2. The van der Waals surface area contributed by atoms with Crippen LogP contribution in [0.5, 0.6) is 0 Å². The third-order valence-electron chi connectivity index (χ3n) is 5.10. The van der Waals surface area contributed by atoms with Crippen molar-refractivity contribution < 1.29 is 0 Å². The summed E-state index contributed by atoms with van der Waals surface area (Å²) in [6.45, 7) is 0. The van der Waals surface area contributed by atoms with Gasteiger partial charge in [-0.25, -0.2) is 0 Å². The standard InChI is InChI=1S/C20H22/c1-2-7-15(8-3-1)19-12-6-11-18-13-16-9-4-5-10-17(16)14-20(18)19/h4,6,9,11-15H,1-3,5,7-8,10H2. The van der Waals surface area contributed by atoms with E-state index in [0.717, 1.165) is 5.92 Å². The smallest absolute Gasteiger partial charge is 0.0146 e. The fourth-order valence-electron chi connectivity index (χ4n) is 4.00. The van der Waals surface area contributed by atoms with Gasteiger partial charge >= 0.3 is 0 Å². The highest BCUT2D eigenvalue weighted by Gasteiger charge is 2.18. The summed E-state index contributed by atoms with van der Waals surface area (Å²) in [5.41, 5.74) is 4.59. The summed E-state index contributed by atoms with van der Waals surface area (Å²) < 4.78 is 0. The molecule has 0 radical (unpaired) electrons. The van der Waals surface area contributed by atoms with Crippen molar-refractivity contribution in [3.63, 3.8) is 0 Å². The molecule has 0 atom stereocenters. The van der Waals surface area contributed by atoms with Gasteiger partial charge in [-0.2, -0.15) is 0 Å². The lowest BCUT2D eigenvalue weighted by molar-refractivity contribution is 0.445. The van der Waals surface area contributed by atoms with Crippen LogP contribution in [-0.4, -0.2) is 0 Å². The Morgan fingerprint density at radius 2 is 1.85 bits per heavy atom. The van der Waals surface area contributed by atoms with E-state index in [2.05, 4.69) is 42.5 Å². The summed E-state index contributed by atoms with van der Waals surface area (Å²) in [4.78, 5) is 0. The number of aryl methyl sites for hydroxylation is 1. The van der Waals surface area contributed by atoms with Crippen molar-refractivity contribution in [3.8, 4) is 0 Å². The third kappa shape index (κ3) is 2.08. The Morgan fingerprint density at radius 3 is 2.75 bits per heavy atom. The molecule has 0 bridgehead atoms. The molecule has 0 aromatic heterocycles. The molecular formula is C20H22. The van der Waals surface area contributed by atoms with Crippen molar-refractivity contribution in [2.75, 3.05) is 0 Å². The first-order valence-electron chi connectivity index (χ1n) is 8.14. The molecule has 0 heterocycles. The first kappa shape index (κ1) is 12.2. The van der Waals surface area contributed by atoms with Crippen LogP contribution in [0.2, 0.25) is 0 Å². The van der Waals surface area contributed by atoms with Crippen LogP contribution in [0, 0.1) is 0 Å². The van der Waals surface area contributed by atoms with Crippen LogP contribution >= 0.6 is 0 Å². The summed E-state index contributed by atoms with van der Waals surface area (Å²) in [6.07, 6.45) is 14.0. The van der Waals surface area contributed by atoms with Gasteiger partial charge in [-0.15, -0.1) is 0 Å². The van der Waals surface area contributed by atoms with Gasteiger partial charge in [-0.05, 0) is 65.1 Å². The maximum atomic E-state index is 2.48. The van der Waals surface area contributed by atoms with Crippen molar-refractivity contribution >= 4 is 16.8 Å². The predicted molar refractivity (Wildman–Crippen MR) is 87.1 cm³/mol. The lowest BCUT2D eigenvalue weighted by atomic mass is 9.81. The second-order valence-corrected chi connectivity index (χ2v) is 6.40. The maximum absolute atomic E-state index is 2.48. The van der Waals surface area contributed by atoms with Crippen molar-refractivity contribution in [2.45, 2.75) is 50.9 Å². The van der Waals surface area contributed by atoms with E-state index in [4.69, 9.17) is 0 Å². The molecule has 0 amide bonds. The normalized spacial score (nSPS) is 19.2. The van der Waals surface area contributed by atoms with E-state index < -0.39 is 0 Å². The van der Waals surface area contributed by atoms with Crippen LogP contribution in [0.15, 0.2) is 36.4 Å². The zero-order valence-corrected chi connectivity index (χ0v) is 12.1. The van der Waals surface area contributed by atoms with Crippen molar-refractivity contribution in [1.82, 2.24) is 0 Å². The predicted octanol–water partition coefficient (Wildman–Crippen LogP) is 5.85. The minimum absolute atomic E-state index is 0.796. The first-order valence-corrected chi connectivity index (χ1v) is 8.14. The fraction of sp³-hybridized carbons (Fsp3) is 0.400. The second-order valence-electron chi connectivity index (χ2n) is 6.40. The largest absolute Gasteiger partial charge is 0.0836 e. The average molecular weight is 262 g/mol. The first-order chi connectivity index (χ1) is 9.92. The second kappa shape index (κ2) is 5.09. The number of rotatable bonds is 1. The van der Waals surface area contributed by atoms with Crippen LogP contribution in [-0.2, 0) is 6.42 Å². The van der Waals surface area contributed by atoms with E-state index in [1.54, 1.807) is 11.1 Å². The van der Waals surface area contributed by atoms with Gasteiger partial charge in [0.1, 0.15) is 0 Å². The highest BCUT2D eigenvalue weighted by molar-refractivity contribution is 5.89. The van der Waals surface area contributed by atoms with Gasteiger partial charge in [0.15, 0.2) is 0 Å². The van der Waals surface area contributed by atoms with Crippen molar-refractivity contribution in [3.05, 3.63) is 53.1 Å². The molecule has 2 aliphatic rings. The van der Waals surface area contributed by atoms with Crippen LogP contribution in [0.3, 0.4) is 0 Å². The van der Waals surface area contributed by atoms with Gasteiger partial charge in [0.2, 0.25) is 0 Å². The number of allylic oxidation sites excluding steroid dienone is 1. The molecule has 0 aliphatic heterocycles.